The van der Waals surface area contributed by atoms with Gasteiger partial charge in [0.1, 0.15) is 0 Å². The lowest BCUT2D eigenvalue weighted by molar-refractivity contribution is -0.125. The molecule has 2 amide bonds. The molecule has 0 aromatic heterocycles. The lowest BCUT2D eigenvalue weighted by Gasteiger charge is -2.26. The summed E-state index contributed by atoms with van der Waals surface area (Å²) in [6, 6.07) is -0.392. The highest BCUT2D eigenvalue weighted by molar-refractivity contribution is 5.82. The maximum absolute atomic E-state index is 10.8. The number of carbonyl (C=O) groups excluding carboxylic acids is 2. The van der Waals surface area contributed by atoms with Gasteiger partial charge >= 0.3 is 0 Å². The highest BCUT2D eigenvalue weighted by Gasteiger charge is 2.27. The Labute approximate surface area is 70.5 Å². The van der Waals surface area contributed by atoms with Gasteiger partial charge in [-0.15, -0.1) is 0 Å². The molecule has 68 valence electrons. The third-order valence-electron chi connectivity index (χ3n) is 2.15. The van der Waals surface area contributed by atoms with Crippen LogP contribution in [0.3, 0.4) is 0 Å². The van der Waals surface area contributed by atoms with Crippen LogP contribution in [-0.2, 0) is 9.59 Å². The predicted octanol–water partition coefficient (Wildman–Crippen LogP) is -1.67. The molecule has 0 aliphatic carbocycles. The molecule has 1 rings (SSSR count). The van der Waals surface area contributed by atoms with Gasteiger partial charge in [0.2, 0.25) is 11.8 Å². The van der Waals surface area contributed by atoms with Gasteiger partial charge in [-0.1, -0.05) is 0 Å². The number of primary amides is 2. The average molecular weight is 171 g/mol. The van der Waals surface area contributed by atoms with E-state index in [0.29, 0.717) is 19.4 Å². The normalized spacial score (nSPS) is 29.7. The quantitative estimate of drug-likeness (QED) is 0.463. The molecule has 0 unspecified atom stereocenters. The molecule has 5 N–H and O–H groups in total. The van der Waals surface area contributed by atoms with Crippen LogP contribution >= 0.6 is 0 Å². The first kappa shape index (κ1) is 8.99. The highest BCUT2D eigenvalue weighted by Crippen LogP contribution is 2.14. The van der Waals surface area contributed by atoms with E-state index in [4.69, 9.17) is 11.5 Å². The van der Waals surface area contributed by atoms with Crippen LogP contribution in [0.5, 0.6) is 0 Å². The monoisotopic (exact) mass is 171 g/mol. The van der Waals surface area contributed by atoms with Gasteiger partial charge in [-0.2, -0.15) is 0 Å². The molecule has 5 nitrogen and oxygen atoms in total. The number of amides is 2. The van der Waals surface area contributed by atoms with Crippen molar-refractivity contribution in [2.45, 2.75) is 18.9 Å². The molecule has 0 bridgehead atoms. The molecule has 0 aromatic carbocycles. The van der Waals surface area contributed by atoms with Crippen LogP contribution in [0.4, 0.5) is 0 Å². The van der Waals surface area contributed by atoms with Gasteiger partial charge in [0.15, 0.2) is 0 Å². The van der Waals surface area contributed by atoms with Crippen molar-refractivity contribution in [2.75, 3.05) is 6.54 Å². The van der Waals surface area contributed by atoms with Gasteiger partial charge in [-0.3, -0.25) is 9.59 Å². The molecule has 5 heteroatoms. The summed E-state index contributed by atoms with van der Waals surface area (Å²) in [7, 11) is 0. The molecule has 0 aromatic rings. The van der Waals surface area contributed by atoms with Crippen LogP contribution in [0, 0.1) is 5.92 Å². The van der Waals surface area contributed by atoms with Crippen molar-refractivity contribution in [1.29, 1.82) is 0 Å². The smallest absolute Gasteiger partial charge is 0.234 e. The van der Waals surface area contributed by atoms with Crippen LogP contribution in [0.2, 0.25) is 0 Å². The lowest BCUT2D eigenvalue weighted by atomic mass is 9.92. The maximum atomic E-state index is 10.8. The van der Waals surface area contributed by atoms with E-state index in [-0.39, 0.29) is 11.8 Å². The van der Waals surface area contributed by atoms with Gasteiger partial charge < -0.3 is 16.8 Å². The Kier molecular flexibility index (Phi) is 2.65. The molecule has 1 heterocycles. The Hall–Kier alpha value is -1.10. The summed E-state index contributed by atoms with van der Waals surface area (Å²) in [4.78, 5) is 21.5. The van der Waals surface area contributed by atoms with Crippen LogP contribution in [0.15, 0.2) is 0 Å². The minimum atomic E-state index is -0.416. The lowest BCUT2D eigenvalue weighted by Crippen LogP contribution is -2.49. The fraction of sp³-hybridized carbons (Fsp3) is 0.714. The SMILES string of the molecule is NC(=O)[C@H]1CCN[C@@H](C(N)=O)C1. The van der Waals surface area contributed by atoms with E-state index in [1.54, 1.807) is 0 Å². The average Bonchev–Trinajstić information content (AvgIpc) is 2.04. The minimum Gasteiger partial charge on any atom is -0.369 e. The summed E-state index contributed by atoms with van der Waals surface area (Å²) < 4.78 is 0. The fourth-order valence-corrected chi connectivity index (χ4v) is 1.39. The Morgan fingerprint density at radius 2 is 1.92 bits per heavy atom. The van der Waals surface area contributed by atoms with Crippen LogP contribution in [-0.4, -0.2) is 24.4 Å². The van der Waals surface area contributed by atoms with Gasteiger partial charge in [-0.25, -0.2) is 0 Å². The van der Waals surface area contributed by atoms with E-state index in [0.717, 1.165) is 0 Å². The van der Waals surface area contributed by atoms with Crippen LogP contribution < -0.4 is 16.8 Å². The minimum absolute atomic E-state index is 0.205. The molecule has 0 spiro atoms. The standard InChI is InChI=1S/C7H13N3O2/c8-6(11)4-1-2-10-5(3-4)7(9)12/h4-5,10H,1-3H2,(H2,8,11)(H2,9,12)/t4-,5+/m0/s1. The number of nitrogens with two attached hydrogens (primary N) is 2. The van der Waals surface area contributed by atoms with Crippen molar-refractivity contribution < 1.29 is 9.59 Å². The van der Waals surface area contributed by atoms with Crippen molar-refractivity contribution >= 4 is 11.8 Å². The van der Waals surface area contributed by atoms with E-state index < -0.39 is 11.9 Å². The van der Waals surface area contributed by atoms with E-state index in [9.17, 15) is 9.59 Å². The van der Waals surface area contributed by atoms with Gasteiger partial charge in [-0.05, 0) is 19.4 Å². The number of nitrogens with one attached hydrogen (secondary N) is 1. The van der Waals surface area contributed by atoms with Gasteiger partial charge in [0.05, 0.1) is 6.04 Å². The number of rotatable bonds is 2. The number of piperidine rings is 1. The summed E-state index contributed by atoms with van der Waals surface area (Å²) in [5.41, 5.74) is 10.2. The first-order valence-electron chi connectivity index (χ1n) is 3.93. The highest BCUT2D eigenvalue weighted by atomic mass is 16.2. The van der Waals surface area contributed by atoms with Crippen molar-refractivity contribution in [1.82, 2.24) is 5.32 Å². The summed E-state index contributed by atoms with van der Waals surface area (Å²) in [6.45, 7) is 0.626. The third-order valence-corrected chi connectivity index (χ3v) is 2.15. The first-order valence-corrected chi connectivity index (χ1v) is 3.93. The number of hydrogen-bond donors (Lipinski definition) is 3. The zero-order valence-corrected chi connectivity index (χ0v) is 6.75. The zero-order chi connectivity index (χ0) is 9.14. The molecule has 2 atom stereocenters. The van der Waals surface area contributed by atoms with Crippen molar-refractivity contribution in [3.63, 3.8) is 0 Å². The topological polar surface area (TPSA) is 98.2 Å². The Bertz CT molecular complexity index is 185. The first-order chi connectivity index (χ1) is 5.61. The predicted molar refractivity (Wildman–Crippen MR) is 42.9 cm³/mol. The fourth-order valence-electron chi connectivity index (χ4n) is 1.39. The number of carbonyl (C=O) groups is 2. The maximum Gasteiger partial charge on any atom is 0.234 e. The zero-order valence-electron chi connectivity index (χ0n) is 6.75. The van der Waals surface area contributed by atoms with Crippen molar-refractivity contribution in [3.05, 3.63) is 0 Å². The Morgan fingerprint density at radius 1 is 1.25 bits per heavy atom. The van der Waals surface area contributed by atoms with Crippen molar-refractivity contribution in [2.24, 2.45) is 17.4 Å². The second-order valence-electron chi connectivity index (χ2n) is 3.03. The Morgan fingerprint density at radius 3 is 2.42 bits per heavy atom. The molecule has 1 aliphatic rings. The molecule has 0 saturated carbocycles. The summed E-state index contributed by atoms with van der Waals surface area (Å²) >= 11 is 0. The van der Waals surface area contributed by atoms with E-state index in [2.05, 4.69) is 5.32 Å². The number of hydrogen-bond acceptors (Lipinski definition) is 3. The van der Waals surface area contributed by atoms with E-state index in [1.165, 1.54) is 0 Å². The van der Waals surface area contributed by atoms with E-state index >= 15 is 0 Å². The molecule has 1 fully saturated rings. The summed E-state index contributed by atoms with van der Waals surface area (Å²) in [5, 5.41) is 2.92. The summed E-state index contributed by atoms with van der Waals surface area (Å²) in [6.07, 6.45) is 1.13. The second-order valence-corrected chi connectivity index (χ2v) is 3.03. The van der Waals surface area contributed by atoms with E-state index in [1.807, 2.05) is 0 Å². The van der Waals surface area contributed by atoms with Crippen LogP contribution in [0.1, 0.15) is 12.8 Å². The molecule has 1 saturated heterocycles. The molecule has 0 radical (unpaired) electrons. The Balaban J connectivity index is 2.51. The van der Waals surface area contributed by atoms with Gasteiger partial charge in [0, 0.05) is 5.92 Å². The molecular formula is C7H13N3O2. The summed E-state index contributed by atoms with van der Waals surface area (Å²) in [5.74, 6) is -0.965. The largest absolute Gasteiger partial charge is 0.369 e. The molecule has 12 heavy (non-hydrogen) atoms. The third kappa shape index (κ3) is 1.94. The molecule has 1 aliphatic heterocycles. The van der Waals surface area contributed by atoms with Crippen molar-refractivity contribution in [3.8, 4) is 0 Å². The second kappa shape index (κ2) is 3.53. The van der Waals surface area contributed by atoms with Gasteiger partial charge in [0.25, 0.3) is 0 Å². The van der Waals surface area contributed by atoms with Crippen LogP contribution in [0.25, 0.3) is 0 Å². The molecular weight excluding hydrogens is 158 g/mol.